The van der Waals surface area contributed by atoms with E-state index in [1.807, 2.05) is 6.07 Å². The lowest BCUT2D eigenvalue weighted by Crippen LogP contribution is -2.15. The van der Waals surface area contributed by atoms with Crippen LogP contribution >= 0.6 is 15.9 Å². The molecule has 0 spiro atoms. The minimum absolute atomic E-state index is 0.236. The normalized spacial score (nSPS) is 11.9. The number of rotatable bonds is 2. The van der Waals surface area contributed by atoms with Gasteiger partial charge in [-0.25, -0.2) is 18.5 Å². The van der Waals surface area contributed by atoms with Crippen molar-refractivity contribution >= 4 is 36.9 Å². The maximum Gasteiger partial charge on any atom is 0.256 e. The molecule has 8 heteroatoms. The van der Waals surface area contributed by atoms with E-state index in [1.54, 1.807) is 24.3 Å². The van der Waals surface area contributed by atoms with Crippen LogP contribution in [0.15, 0.2) is 50.6 Å². The highest BCUT2D eigenvalue weighted by molar-refractivity contribution is 9.10. The van der Waals surface area contributed by atoms with Gasteiger partial charge in [0.1, 0.15) is 5.69 Å². The van der Waals surface area contributed by atoms with Crippen molar-refractivity contribution in [3.8, 4) is 11.3 Å². The number of pyridine rings is 1. The molecule has 2 aromatic heterocycles. The van der Waals surface area contributed by atoms with Crippen LogP contribution in [0.2, 0.25) is 0 Å². The summed E-state index contributed by atoms with van der Waals surface area (Å²) in [4.78, 5) is 3.87. The molecule has 3 aromatic rings. The van der Waals surface area contributed by atoms with Crippen LogP contribution < -0.4 is 5.14 Å². The molecule has 0 unspecified atom stereocenters. The number of halogens is 1. The summed E-state index contributed by atoms with van der Waals surface area (Å²) in [5, 5.41) is 9.57. The third kappa shape index (κ3) is 2.21. The molecule has 6 nitrogen and oxygen atoms in total. The molecule has 20 heavy (non-hydrogen) atoms. The molecular weight excluding hydrogens is 346 g/mol. The molecule has 2 N–H and O–H groups in total. The molecule has 0 radical (unpaired) electrons. The molecule has 0 amide bonds. The van der Waals surface area contributed by atoms with Crippen molar-refractivity contribution in [3.05, 3.63) is 41.0 Å². The van der Waals surface area contributed by atoms with Gasteiger partial charge in [-0.05, 0) is 34.1 Å². The lowest BCUT2D eigenvalue weighted by molar-refractivity contribution is 0.459. The summed E-state index contributed by atoms with van der Waals surface area (Å²) >= 11 is 3.26. The molecule has 0 bridgehead atoms. The quantitative estimate of drug-likeness (QED) is 0.761. The number of sulfonamides is 1. The summed E-state index contributed by atoms with van der Waals surface area (Å²) in [6, 6.07) is 8.74. The van der Waals surface area contributed by atoms with E-state index in [2.05, 4.69) is 26.1 Å². The molecule has 0 aliphatic heterocycles. The van der Waals surface area contributed by atoms with Gasteiger partial charge in [-0.2, -0.15) is 0 Å². The topological polar surface area (TPSA) is 99.1 Å². The fourth-order valence-electron chi connectivity index (χ4n) is 1.90. The third-order valence-electron chi connectivity index (χ3n) is 2.72. The summed E-state index contributed by atoms with van der Waals surface area (Å²) < 4.78 is 29.1. The molecule has 0 aliphatic rings. The van der Waals surface area contributed by atoms with Crippen LogP contribution in [0.3, 0.4) is 0 Å². The number of hydrogen-bond donors (Lipinski definition) is 1. The average Bonchev–Trinajstić information content (AvgIpc) is 2.80. The summed E-state index contributed by atoms with van der Waals surface area (Å²) in [7, 11) is -3.96. The first-order valence-corrected chi connectivity index (χ1v) is 7.84. The van der Waals surface area contributed by atoms with Crippen LogP contribution in [0.5, 0.6) is 0 Å². The molecule has 3 rings (SSSR count). The Kier molecular flexibility index (Phi) is 3.08. The highest BCUT2D eigenvalue weighted by Crippen LogP contribution is 2.32. The molecule has 0 aliphatic carbocycles. The lowest BCUT2D eigenvalue weighted by atomic mass is 10.1. The summed E-state index contributed by atoms with van der Waals surface area (Å²) in [6.45, 7) is 0. The molecular formula is C12H8BrN3O3S. The second-order valence-corrected chi connectivity index (χ2v) is 6.47. The Morgan fingerprint density at radius 2 is 2.00 bits per heavy atom. The Morgan fingerprint density at radius 1 is 1.25 bits per heavy atom. The van der Waals surface area contributed by atoms with Crippen LogP contribution in [-0.2, 0) is 10.0 Å². The maximum absolute atomic E-state index is 11.6. The Hall–Kier alpha value is -1.77. The van der Waals surface area contributed by atoms with E-state index < -0.39 is 10.0 Å². The van der Waals surface area contributed by atoms with Crippen molar-refractivity contribution in [1.29, 1.82) is 0 Å². The summed E-state index contributed by atoms with van der Waals surface area (Å²) in [5.74, 6) is 0. The van der Waals surface area contributed by atoms with E-state index in [0.717, 1.165) is 0 Å². The molecule has 2 heterocycles. The molecule has 1 aromatic carbocycles. The van der Waals surface area contributed by atoms with Crippen molar-refractivity contribution in [3.63, 3.8) is 0 Å². The molecule has 0 atom stereocenters. The van der Waals surface area contributed by atoms with E-state index in [-0.39, 0.29) is 5.03 Å². The Labute approximate surface area is 122 Å². The van der Waals surface area contributed by atoms with E-state index in [9.17, 15) is 8.42 Å². The predicted molar refractivity (Wildman–Crippen MR) is 76.3 cm³/mol. The number of benzene rings is 1. The van der Waals surface area contributed by atoms with Crippen molar-refractivity contribution in [1.82, 2.24) is 10.1 Å². The van der Waals surface area contributed by atoms with Gasteiger partial charge in [0.15, 0.2) is 10.6 Å². The van der Waals surface area contributed by atoms with Crippen LogP contribution in [0.4, 0.5) is 0 Å². The molecule has 0 fully saturated rings. The zero-order chi connectivity index (χ0) is 14.3. The van der Waals surface area contributed by atoms with Crippen molar-refractivity contribution in [2.45, 2.75) is 5.03 Å². The highest BCUT2D eigenvalue weighted by atomic mass is 79.9. The lowest BCUT2D eigenvalue weighted by Gasteiger charge is -2.04. The monoisotopic (exact) mass is 353 g/mol. The zero-order valence-electron chi connectivity index (χ0n) is 9.95. The SMILES string of the molecule is NS(=O)(=O)c1ncc(Br)cc1-c1noc2ccccc12. The van der Waals surface area contributed by atoms with Crippen molar-refractivity contribution in [2.75, 3.05) is 0 Å². The third-order valence-corrected chi connectivity index (χ3v) is 4.02. The Morgan fingerprint density at radius 3 is 2.75 bits per heavy atom. The van der Waals surface area contributed by atoms with Crippen LogP contribution in [0.1, 0.15) is 0 Å². The average molecular weight is 354 g/mol. The summed E-state index contributed by atoms with van der Waals surface area (Å²) in [6.07, 6.45) is 1.37. The van der Waals surface area contributed by atoms with Crippen LogP contribution in [0, 0.1) is 0 Å². The van der Waals surface area contributed by atoms with Crippen molar-refractivity contribution < 1.29 is 12.9 Å². The first-order valence-electron chi connectivity index (χ1n) is 5.50. The maximum atomic E-state index is 11.6. The largest absolute Gasteiger partial charge is 0.356 e. The Balaban J connectivity index is 2.37. The minimum Gasteiger partial charge on any atom is -0.356 e. The van der Waals surface area contributed by atoms with Crippen molar-refractivity contribution in [2.24, 2.45) is 5.14 Å². The van der Waals surface area contributed by atoms with E-state index in [4.69, 9.17) is 9.66 Å². The van der Waals surface area contributed by atoms with Gasteiger partial charge in [-0.3, -0.25) is 0 Å². The number of para-hydroxylation sites is 1. The minimum atomic E-state index is -3.96. The van der Waals surface area contributed by atoms with Crippen LogP contribution in [-0.4, -0.2) is 18.6 Å². The van der Waals surface area contributed by atoms with Gasteiger partial charge in [0, 0.05) is 21.6 Å². The summed E-state index contributed by atoms with van der Waals surface area (Å²) in [5.41, 5.74) is 1.24. The van der Waals surface area contributed by atoms with Gasteiger partial charge in [-0.1, -0.05) is 17.3 Å². The number of primary sulfonamides is 1. The number of nitrogens with two attached hydrogens (primary N) is 1. The highest BCUT2D eigenvalue weighted by Gasteiger charge is 2.21. The second kappa shape index (κ2) is 4.65. The van der Waals surface area contributed by atoms with E-state index >= 15 is 0 Å². The van der Waals surface area contributed by atoms with Gasteiger partial charge in [-0.15, -0.1) is 0 Å². The van der Waals surface area contributed by atoms with E-state index in [0.29, 0.717) is 26.7 Å². The van der Waals surface area contributed by atoms with Gasteiger partial charge in [0.25, 0.3) is 10.0 Å². The molecule has 0 saturated carbocycles. The smallest absolute Gasteiger partial charge is 0.256 e. The number of nitrogens with zero attached hydrogens (tertiary/aromatic N) is 2. The zero-order valence-corrected chi connectivity index (χ0v) is 12.3. The van der Waals surface area contributed by atoms with Gasteiger partial charge in [0.2, 0.25) is 0 Å². The Bertz CT molecular complexity index is 905. The first kappa shape index (κ1) is 13.2. The number of fused-ring (bicyclic) bond motifs is 1. The van der Waals surface area contributed by atoms with E-state index in [1.165, 1.54) is 6.20 Å². The van der Waals surface area contributed by atoms with Gasteiger partial charge in [0.05, 0.1) is 0 Å². The standard InChI is InChI=1S/C12H8BrN3O3S/c13-7-5-9(12(15-6-7)20(14,17)18)11-8-3-1-2-4-10(8)19-16-11/h1-6H,(H2,14,17,18). The molecule has 0 saturated heterocycles. The number of hydrogen-bond acceptors (Lipinski definition) is 5. The van der Waals surface area contributed by atoms with Gasteiger partial charge >= 0.3 is 0 Å². The second-order valence-electron chi connectivity index (χ2n) is 4.08. The fraction of sp³-hybridized carbons (Fsp3) is 0. The van der Waals surface area contributed by atoms with Crippen LogP contribution in [0.25, 0.3) is 22.2 Å². The number of aromatic nitrogens is 2. The fourth-order valence-corrected chi connectivity index (χ4v) is 2.90. The van der Waals surface area contributed by atoms with Gasteiger partial charge < -0.3 is 4.52 Å². The predicted octanol–water partition coefficient (Wildman–Crippen LogP) is 2.30. The molecule has 102 valence electrons. The first-order chi connectivity index (χ1) is 9.47.